The van der Waals surface area contributed by atoms with Gasteiger partial charge in [-0.05, 0) is 19.7 Å². The number of rotatable bonds is 7. The number of thioether (sulfide) groups is 1. The highest BCUT2D eigenvalue weighted by Gasteiger charge is 2.06. The third-order valence-electron chi connectivity index (χ3n) is 2.35. The molecule has 4 nitrogen and oxygen atoms in total. The van der Waals surface area contributed by atoms with Gasteiger partial charge in [-0.2, -0.15) is 0 Å². The van der Waals surface area contributed by atoms with Gasteiger partial charge in [-0.15, -0.1) is 11.8 Å². The SMILES string of the molecule is CCNCCN(CC)c1cc(SC)ncn1. The minimum Gasteiger partial charge on any atom is -0.355 e. The maximum Gasteiger partial charge on any atom is 0.133 e. The van der Waals surface area contributed by atoms with Crippen molar-refractivity contribution in [2.75, 3.05) is 37.3 Å². The Morgan fingerprint density at radius 1 is 1.38 bits per heavy atom. The average molecular weight is 240 g/mol. The molecule has 0 atom stereocenters. The minimum absolute atomic E-state index is 0.968. The molecule has 0 saturated carbocycles. The molecule has 0 aliphatic heterocycles. The number of hydrogen-bond donors (Lipinski definition) is 1. The molecule has 16 heavy (non-hydrogen) atoms. The molecule has 1 rings (SSSR count). The molecule has 0 bridgehead atoms. The van der Waals surface area contributed by atoms with Crippen LogP contribution in [0.5, 0.6) is 0 Å². The van der Waals surface area contributed by atoms with Crippen molar-refractivity contribution >= 4 is 17.6 Å². The number of anilines is 1. The Hall–Kier alpha value is -0.810. The molecule has 1 aromatic heterocycles. The summed E-state index contributed by atoms with van der Waals surface area (Å²) in [7, 11) is 0. The van der Waals surface area contributed by atoms with Crippen LogP contribution in [0, 0.1) is 0 Å². The van der Waals surface area contributed by atoms with Crippen LogP contribution in [-0.4, -0.2) is 42.4 Å². The molecular formula is C11H20N4S. The summed E-state index contributed by atoms with van der Waals surface area (Å²) >= 11 is 1.65. The van der Waals surface area contributed by atoms with E-state index in [1.54, 1.807) is 18.1 Å². The minimum atomic E-state index is 0.968. The predicted octanol–water partition coefficient (Wildman–Crippen LogP) is 1.63. The van der Waals surface area contributed by atoms with Crippen molar-refractivity contribution in [1.82, 2.24) is 15.3 Å². The zero-order valence-electron chi connectivity index (χ0n) is 10.2. The van der Waals surface area contributed by atoms with E-state index in [9.17, 15) is 0 Å². The van der Waals surface area contributed by atoms with Crippen molar-refractivity contribution in [2.45, 2.75) is 18.9 Å². The van der Waals surface area contributed by atoms with E-state index in [-0.39, 0.29) is 0 Å². The fourth-order valence-corrected chi connectivity index (χ4v) is 1.82. The van der Waals surface area contributed by atoms with E-state index in [4.69, 9.17) is 0 Å². The largest absolute Gasteiger partial charge is 0.355 e. The van der Waals surface area contributed by atoms with Gasteiger partial charge in [0, 0.05) is 25.7 Å². The van der Waals surface area contributed by atoms with Gasteiger partial charge >= 0.3 is 0 Å². The Labute approximate surface area is 102 Å². The Kier molecular flexibility index (Phi) is 6.18. The van der Waals surface area contributed by atoms with E-state index in [1.165, 1.54) is 0 Å². The third-order valence-corrected chi connectivity index (χ3v) is 2.99. The summed E-state index contributed by atoms with van der Waals surface area (Å²) in [5, 5.41) is 4.34. The smallest absolute Gasteiger partial charge is 0.133 e. The molecule has 1 aromatic rings. The molecule has 0 fully saturated rings. The summed E-state index contributed by atoms with van der Waals surface area (Å²) in [6.45, 7) is 8.21. The van der Waals surface area contributed by atoms with Gasteiger partial charge in [-0.3, -0.25) is 0 Å². The van der Waals surface area contributed by atoms with Gasteiger partial charge < -0.3 is 10.2 Å². The van der Waals surface area contributed by atoms with Gasteiger partial charge in [-0.25, -0.2) is 9.97 Å². The van der Waals surface area contributed by atoms with Gasteiger partial charge in [0.15, 0.2) is 0 Å². The number of hydrogen-bond acceptors (Lipinski definition) is 5. The van der Waals surface area contributed by atoms with Crippen LogP contribution in [0.2, 0.25) is 0 Å². The van der Waals surface area contributed by atoms with Crippen LogP contribution in [0.25, 0.3) is 0 Å². The molecule has 0 aromatic carbocycles. The molecular weight excluding hydrogens is 220 g/mol. The van der Waals surface area contributed by atoms with E-state index in [0.29, 0.717) is 0 Å². The predicted molar refractivity (Wildman–Crippen MR) is 70.2 cm³/mol. The Morgan fingerprint density at radius 3 is 2.81 bits per heavy atom. The summed E-state index contributed by atoms with van der Waals surface area (Å²) in [5.74, 6) is 1.01. The van der Waals surface area contributed by atoms with Crippen LogP contribution in [0.4, 0.5) is 5.82 Å². The fourth-order valence-electron chi connectivity index (χ4n) is 1.44. The molecule has 0 radical (unpaired) electrons. The molecule has 5 heteroatoms. The lowest BCUT2D eigenvalue weighted by Crippen LogP contribution is -2.32. The van der Waals surface area contributed by atoms with Gasteiger partial charge in [0.1, 0.15) is 17.2 Å². The summed E-state index contributed by atoms with van der Waals surface area (Å²) in [6, 6.07) is 2.04. The lowest BCUT2D eigenvalue weighted by molar-refractivity contribution is 0.682. The number of aromatic nitrogens is 2. The second-order valence-corrected chi connectivity index (χ2v) is 4.18. The first kappa shape index (κ1) is 13.3. The maximum absolute atomic E-state index is 4.31. The van der Waals surface area contributed by atoms with Crippen molar-refractivity contribution in [3.05, 3.63) is 12.4 Å². The molecule has 90 valence electrons. The van der Waals surface area contributed by atoms with Crippen molar-refractivity contribution in [1.29, 1.82) is 0 Å². The highest BCUT2D eigenvalue weighted by Crippen LogP contribution is 2.16. The Bertz CT molecular complexity index is 306. The van der Waals surface area contributed by atoms with Crippen LogP contribution in [-0.2, 0) is 0 Å². The van der Waals surface area contributed by atoms with Gasteiger partial charge in [0.2, 0.25) is 0 Å². The highest BCUT2D eigenvalue weighted by atomic mass is 32.2. The van der Waals surface area contributed by atoms with Crippen LogP contribution in [0.15, 0.2) is 17.4 Å². The van der Waals surface area contributed by atoms with Gasteiger partial charge in [-0.1, -0.05) is 6.92 Å². The van der Waals surface area contributed by atoms with Gasteiger partial charge in [0.05, 0.1) is 0 Å². The molecule has 0 aliphatic carbocycles. The molecule has 0 spiro atoms. The molecule has 0 aliphatic rings. The summed E-state index contributed by atoms with van der Waals surface area (Å²) in [6.07, 6.45) is 3.66. The average Bonchev–Trinajstić information content (AvgIpc) is 2.35. The number of nitrogens with zero attached hydrogens (tertiary/aromatic N) is 3. The van der Waals surface area contributed by atoms with Crippen LogP contribution >= 0.6 is 11.8 Å². The number of likely N-dealkylation sites (N-methyl/N-ethyl adjacent to an activating group) is 2. The highest BCUT2D eigenvalue weighted by molar-refractivity contribution is 7.98. The zero-order chi connectivity index (χ0) is 11.8. The molecule has 0 amide bonds. The van der Waals surface area contributed by atoms with Crippen molar-refractivity contribution < 1.29 is 0 Å². The quantitative estimate of drug-likeness (QED) is 0.446. The van der Waals surface area contributed by atoms with Crippen molar-refractivity contribution in [2.24, 2.45) is 0 Å². The third kappa shape index (κ3) is 3.98. The van der Waals surface area contributed by atoms with Crippen LogP contribution in [0.3, 0.4) is 0 Å². The lowest BCUT2D eigenvalue weighted by Gasteiger charge is -2.22. The van der Waals surface area contributed by atoms with E-state index in [1.807, 2.05) is 12.3 Å². The molecule has 1 heterocycles. The van der Waals surface area contributed by atoms with Crippen LogP contribution < -0.4 is 10.2 Å². The second-order valence-electron chi connectivity index (χ2n) is 3.35. The summed E-state index contributed by atoms with van der Waals surface area (Å²) < 4.78 is 0. The fraction of sp³-hybridized carbons (Fsp3) is 0.636. The monoisotopic (exact) mass is 240 g/mol. The Morgan fingerprint density at radius 2 is 2.19 bits per heavy atom. The number of nitrogens with one attached hydrogen (secondary N) is 1. The van der Waals surface area contributed by atoms with E-state index >= 15 is 0 Å². The standard InChI is InChI=1S/C11H20N4S/c1-4-12-6-7-15(5-2)10-8-11(16-3)14-9-13-10/h8-9,12H,4-7H2,1-3H3. The first-order valence-electron chi connectivity index (χ1n) is 5.63. The molecule has 0 saturated heterocycles. The second kappa shape index (κ2) is 7.46. The molecule has 1 N–H and O–H groups in total. The summed E-state index contributed by atoms with van der Waals surface area (Å²) in [4.78, 5) is 10.7. The van der Waals surface area contributed by atoms with Crippen molar-refractivity contribution in [3.8, 4) is 0 Å². The van der Waals surface area contributed by atoms with Crippen molar-refractivity contribution in [3.63, 3.8) is 0 Å². The van der Waals surface area contributed by atoms with Crippen LogP contribution in [0.1, 0.15) is 13.8 Å². The van der Waals surface area contributed by atoms with E-state index < -0.39 is 0 Å². The lowest BCUT2D eigenvalue weighted by atomic mass is 10.4. The van der Waals surface area contributed by atoms with E-state index in [0.717, 1.165) is 37.0 Å². The first-order chi connectivity index (χ1) is 7.81. The summed E-state index contributed by atoms with van der Waals surface area (Å²) in [5.41, 5.74) is 0. The zero-order valence-corrected chi connectivity index (χ0v) is 11.0. The van der Waals surface area contributed by atoms with E-state index in [2.05, 4.69) is 34.0 Å². The Balaban J connectivity index is 2.62. The molecule has 0 unspecified atom stereocenters. The topological polar surface area (TPSA) is 41.0 Å². The normalized spacial score (nSPS) is 10.4. The maximum atomic E-state index is 4.31. The first-order valence-corrected chi connectivity index (χ1v) is 6.86. The van der Waals surface area contributed by atoms with Gasteiger partial charge in [0.25, 0.3) is 0 Å².